The predicted octanol–water partition coefficient (Wildman–Crippen LogP) is 4.99. The van der Waals surface area contributed by atoms with Crippen molar-refractivity contribution >= 4 is 8.07 Å². The van der Waals surface area contributed by atoms with Gasteiger partial charge in [0.15, 0.2) is 0 Å². The Morgan fingerprint density at radius 3 is 2.33 bits per heavy atom. The van der Waals surface area contributed by atoms with Crippen molar-refractivity contribution in [2.45, 2.75) is 84.7 Å². The molecular weight excluding hydrogens is 236 g/mol. The Morgan fingerprint density at radius 2 is 1.83 bits per heavy atom. The summed E-state index contributed by atoms with van der Waals surface area (Å²) in [6.45, 7) is 14.1. The van der Waals surface area contributed by atoms with Crippen LogP contribution in [0.25, 0.3) is 0 Å². The van der Waals surface area contributed by atoms with Crippen molar-refractivity contribution < 1.29 is 5.11 Å². The SMILES string of the molecule is CCCCCC1=C(C[Si](C)(C)C)[C@@H](O)CC1(C)C. The molecule has 2 heteroatoms. The highest BCUT2D eigenvalue weighted by Crippen LogP contribution is 2.47. The molecule has 0 spiro atoms. The van der Waals surface area contributed by atoms with Crippen molar-refractivity contribution in [3.63, 3.8) is 0 Å². The van der Waals surface area contributed by atoms with E-state index in [0.717, 1.165) is 6.42 Å². The minimum absolute atomic E-state index is 0.164. The maximum atomic E-state index is 10.4. The molecule has 0 aromatic rings. The number of aliphatic hydroxyl groups excluding tert-OH is 1. The van der Waals surface area contributed by atoms with Gasteiger partial charge in [-0.05, 0) is 36.3 Å². The van der Waals surface area contributed by atoms with Gasteiger partial charge < -0.3 is 5.11 Å². The highest BCUT2D eigenvalue weighted by molar-refractivity contribution is 6.76. The van der Waals surface area contributed by atoms with Crippen LogP contribution in [0.3, 0.4) is 0 Å². The average Bonchev–Trinajstić information content (AvgIpc) is 2.38. The van der Waals surface area contributed by atoms with Gasteiger partial charge in [-0.3, -0.25) is 0 Å². The molecule has 1 N–H and O–H groups in total. The van der Waals surface area contributed by atoms with Gasteiger partial charge in [-0.25, -0.2) is 0 Å². The van der Waals surface area contributed by atoms with Gasteiger partial charge in [0.1, 0.15) is 0 Å². The van der Waals surface area contributed by atoms with Gasteiger partial charge >= 0.3 is 0 Å². The van der Waals surface area contributed by atoms with E-state index < -0.39 is 8.07 Å². The van der Waals surface area contributed by atoms with Gasteiger partial charge in [0.25, 0.3) is 0 Å². The molecule has 1 atom stereocenters. The molecule has 106 valence electrons. The fourth-order valence-corrected chi connectivity index (χ4v) is 4.80. The Balaban J connectivity index is 2.89. The quantitative estimate of drug-likeness (QED) is 0.409. The average molecular weight is 269 g/mol. The maximum Gasteiger partial charge on any atom is 0.0758 e. The summed E-state index contributed by atoms with van der Waals surface area (Å²) >= 11 is 0. The largest absolute Gasteiger partial charge is 0.389 e. The van der Waals surface area contributed by atoms with Gasteiger partial charge in [0.2, 0.25) is 0 Å². The third kappa shape index (κ3) is 4.24. The van der Waals surface area contributed by atoms with Crippen molar-refractivity contribution in [3.05, 3.63) is 11.1 Å². The molecule has 1 rings (SSSR count). The zero-order valence-electron chi connectivity index (χ0n) is 13.3. The molecule has 0 aromatic carbocycles. The summed E-state index contributed by atoms with van der Waals surface area (Å²) in [5, 5.41) is 10.4. The lowest BCUT2D eigenvalue weighted by atomic mass is 9.82. The Labute approximate surface area is 115 Å². The Kier molecular flexibility index (Phi) is 5.25. The van der Waals surface area contributed by atoms with Crippen LogP contribution in [0.1, 0.15) is 52.9 Å². The normalized spacial score (nSPS) is 23.8. The zero-order valence-corrected chi connectivity index (χ0v) is 14.3. The van der Waals surface area contributed by atoms with Crippen LogP contribution in [-0.4, -0.2) is 19.3 Å². The fourth-order valence-electron chi connectivity index (χ4n) is 3.21. The van der Waals surface area contributed by atoms with Gasteiger partial charge in [-0.2, -0.15) is 0 Å². The topological polar surface area (TPSA) is 20.2 Å². The van der Waals surface area contributed by atoms with Crippen LogP contribution in [0.5, 0.6) is 0 Å². The lowest BCUT2D eigenvalue weighted by molar-refractivity contribution is 0.181. The molecule has 0 radical (unpaired) electrons. The summed E-state index contributed by atoms with van der Waals surface area (Å²) in [6.07, 6.45) is 5.86. The second-order valence-corrected chi connectivity index (χ2v) is 13.3. The lowest BCUT2D eigenvalue weighted by Gasteiger charge is -2.24. The summed E-state index contributed by atoms with van der Waals surface area (Å²) in [7, 11) is -1.13. The fraction of sp³-hybridized carbons (Fsp3) is 0.875. The molecule has 0 fully saturated rings. The highest BCUT2D eigenvalue weighted by atomic mass is 28.3. The first-order valence-corrected chi connectivity index (χ1v) is 11.3. The number of hydrogen-bond acceptors (Lipinski definition) is 1. The third-order valence-electron chi connectivity index (χ3n) is 4.06. The van der Waals surface area contributed by atoms with Crippen LogP contribution in [0, 0.1) is 5.41 Å². The first-order chi connectivity index (χ1) is 8.17. The predicted molar refractivity (Wildman–Crippen MR) is 83.7 cm³/mol. The summed E-state index contributed by atoms with van der Waals surface area (Å²) < 4.78 is 0. The lowest BCUT2D eigenvalue weighted by Crippen LogP contribution is -2.23. The maximum absolute atomic E-state index is 10.4. The van der Waals surface area contributed by atoms with Crippen molar-refractivity contribution in [1.29, 1.82) is 0 Å². The van der Waals surface area contributed by atoms with Crippen LogP contribution in [0.15, 0.2) is 11.1 Å². The van der Waals surface area contributed by atoms with Crippen molar-refractivity contribution in [3.8, 4) is 0 Å². The molecule has 1 nitrogen and oxygen atoms in total. The second kappa shape index (κ2) is 5.92. The summed E-state index contributed by atoms with van der Waals surface area (Å²) in [6, 6.07) is 1.18. The molecule has 0 amide bonds. The van der Waals surface area contributed by atoms with Gasteiger partial charge in [0, 0.05) is 8.07 Å². The Hall–Kier alpha value is -0.0831. The number of rotatable bonds is 6. The third-order valence-corrected chi connectivity index (χ3v) is 5.50. The molecule has 0 aliphatic heterocycles. The van der Waals surface area contributed by atoms with E-state index in [0.29, 0.717) is 0 Å². The van der Waals surface area contributed by atoms with Gasteiger partial charge in [-0.15, -0.1) is 0 Å². The summed E-state index contributed by atoms with van der Waals surface area (Å²) in [5.74, 6) is 0. The second-order valence-electron chi connectivity index (χ2n) is 7.80. The Bertz CT molecular complexity index is 310. The van der Waals surface area contributed by atoms with Crippen LogP contribution in [0.2, 0.25) is 25.7 Å². The van der Waals surface area contributed by atoms with Crippen LogP contribution in [-0.2, 0) is 0 Å². The van der Waals surface area contributed by atoms with E-state index in [-0.39, 0.29) is 11.5 Å². The molecule has 0 bridgehead atoms. The van der Waals surface area contributed by atoms with Crippen molar-refractivity contribution in [2.24, 2.45) is 5.41 Å². The molecule has 0 unspecified atom stereocenters. The van der Waals surface area contributed by atoms with E-state index in [9.17, 15) is 5.11 Å². The first-order valence-electron chi connectivity index (χ1n) is 7.58. The molecule has 0 aromatic heterocycles. The monoisotopic (exact) mass is 268 g/mol. The molecule has 18 heavy (non-hydrogen) atoms. The van der Waals surface area contributed by atoms with Crippen molar-refractivity contribution in [1.82, 2.24) is 0 Å². The van der Waals surface area contributed by atoms with Gasteiger partial charge in [-0.1, -0.05) is 58.8 Å². The first kappa shape index (κ1) is 16.0. The molecule has 0 saturated carbocycles. The Morgan fingerprint density at radius 1 is 1.22 bits per heavy atom. The van der Waals surface area contributed by atoms with E-state index in [1.165, 1.54) is 37.3 Å². The highest BCUT2D eigenvalue weighted by Gasteiger charge is 2.38. The van der Waals surface area contributed by atoms with Crippen LogP contribution in [0.4, 0.5) is 0 Å². The number of hydrogen-bond donors (Lipinski definition) is 1. The summed E-state index contributed by atoms with van der Waals surface area (Å²) in [4.78, 5) is 0. The van der Waals surface area contributed by atoms with Crippen LogP contribution < -0.4 is 0 Å². The minimum atomic E-state index is -1.13. The van der Waals surface area contributed by atoms with E-state index in [1.807, 2.05) is 0 Å². The van der Waals surface area contributed by atoms with E-state index in [4.69, 9.17) is 0 Å². The van der Waals surface area contributed by atoms with Crippen LogP contribution >= 0.6 is 0 Å². The number of allylic oxidation sites excluding steroid dienone is 1. The molecular formula is C16H32OSi. The van der Waals surface area contributed by atoms with Crippen molar-refractivity contribution in [2.75, 3.05) is 0 Å². The number of unbranched alkanes of at least 4 members (excludes halogenated alkanes) is 2. The summed E-state index contributed by atoms with van der Waals surface area (Å²) in [5.41, 5.74) is 3.23. The van der Waals surface area contributed by atoms with E-state index in [1.54, 1.807) is 5.57 Å². The van der Waals surface area contributed by atoms with E-state index >= 15 is 0 Å². The van der Waals surface area contributed by atoms with Gasteiger partial charge in [0.05, 0.1) is 6.10 Å². The molecule has 1 aliphatic carbocycles. The number of aliphatic hydroxyl groups is 1. The van der Waals surface area contributed by atoms with E-state index in [2.05, 4.69) is 40.4 Å². The molecule has 0 saturated heterocycles. The zero-order chi connectivity index (χ0) is 14.0. The minimum Gasteiger partial charge on any atom is -0.389 e. The molecule has 1 aliphatic rings. The molecule has 0 heterocycles. The standard InChI is InChI=1S/C16H32OSi/c1-7-8-9-10-14-13(12-18(4,5)6)15(17)11-16(14,2)3/h15,17H,7-12H2,1-6H3/t15-/m0/s1. The smallest absolute Gasteiger partial charge is 0.0758 e.